The molecule has 3 heteroatoms. The van der Waals surface area contributed by atoms with Crippen molar-refractivity contribution in [3.05, 3.63) is 0 Å². The average molecular weight is 158 g/mol. The van der Waals surface area contributed by atoms with E-state index in [1.807, 2.05) is 0 Å². The van der Waals surface area contributed by atoms with Crippen molar-refractivity contribution in [1.82, 2.24) is 0 Å². The SMILES string of the molecule is CCCC1OC1OCC1CO1. The lowest BCUT2D eigenvalue weighted by atomic mass is 10.3. The van der Waals surface area contributed by atoms with E-state index in [9.17, 15) is 0 Å². The molecule has 2 saturated heterocycles. The third-order valence-corrected chi connectivity index (χ3v) is 1.96. The highest BCUT2D eigenvalue weighted by Gasteiger charge is 2.40. The van der Waals surface area contributed by atoms with E-state index in [1.54, 1.807) is 0 Å². The summed E-state index contributed by atoms with van der Waals surface area (Å²) in [5, 5.41) is 0. The van der Waals surface area contributed by atoms with Gasteiger partial charge in [0.05, 0.1) is 13.2 Å². The Morgan fingerprint density at radius 2 is 2.36 bits per heavy atom. The Morgan fingerprint density at radius 1 is 1.55 bits per heavy atom. The Kier molecular flexibility index (Phi) is 2.11. The minimum absolute atomic E-state index is 0.0825. The van der Waals surface area contributed by atoms with Gasteiger partial charge >= 0.3 is 0 Å². The van der Waals surface area contributed by atoms with Crippen LogP contribution in [0.4, 0.5) is 0 Å². The van der Waals surface area contributed by atoms with Gasteiger partial charge in [-0.2, -0.15) is 0 Å². The predicted octanol–water partition coefficient (Wildman–Crippen LogP) is 0.927. The molecule has 0 spiro atoms. The number of hydrogen-bond donors (Lipinski definition) is 0. The first-order valence-electron chi connectivity index (χ1n) is 4.29. The molecule has 0 radical (unpaired) electrons. The molecule has 0 saturated carbocycles. The second kappa shape index (κ2) is 3.09. The van der Waals surface area contributed by atoms with E-state index in [1.165, 1.54) is 6.42 Å². The van der Waals surface area contributed by atoms with Crippen molar-refractivity contribution < 1.29 is 14.2 Å². The lowest BCUT2D eigenvalue weighted by Gasteiger charge is -1.94. The molecule has 3 atom stereocenters. The fraction of sp³-hybridized carbons (Fsp3) is 1.00. The molecule has 0 N–H and O–H groups in total. The highest BCUT2D eigenvalue weighted by Crippen LogP contribution is 2.28. The molecule has 0 amide bonds. The van der Waals surface area contributed by atoms with Crippen LogP contribution in [-0.4, -0.2) is 31.7 Å². The molecule has 2 fully saturated rings. The highest BCUT2D eigenvalue weighted by molar-refractivity contribution is 4.78. The summed E-state index contributed by atoms with van der Waals surface area (Å²) in [5.74, 6) is 0. The van der Waals surface area contributed by atoms with E-state index in [0.717, 1.165) is 13.0 Å². The molecular weight excluding hydrogens is 144 g/mol. The van der Waals surface area contributed by atoms with E-state index in [4.69, 9.17) is 14.2 Å². The normalized spacial score (nSPS) is 40.6. The van der Waals surface area contributed by atoms with Gasteiger partial charge in [0.25, 0.3) is 0 Å². The molecule has 2 rings (SSSR count). The molecule has 0 aromatic rings. The van der Waals surface area contributed by atoms with E-state index in [-0.39, 0.29) is 6.29 Å². The highest BCUT2D eigenvalue weighted by atomic mass is 16.8. The topological polar surface area (TPSA) is 34.3 Å². The van der Waals surface area contributed by atoms with Gasteiger partial charge in [0.15, 0.2) is 6.29 Å². The number of hydrogen-bond acceptors (Lipinski definition) is 3. The molecule has 3 unspecified atom stereocenters. The first-order chi connectivity index (χ1) is 5.40. The summed E-state index contributed by atoms with van der Waals surface area (Å²) in [6, 6.07) is 0. The summed E-state index contributed by atoms with van der Waals surface area (Å²) in [6.07, 6.45) is 3.11. The van der Waals surface area contributed by atoms with Crippen molar-refractivity contribution in [2.45, 2.75) is 38.3 Å². The van der Waals surface area contributed by atoms with Gasteiger partial charge in [-0.3, -0.25) is 0 Å². The molecule has 2 aliphatic heterocycles. The third-order valence-electron chi connectivity index (χ3n) is 1.96. The van der Waals surface area contributed by atoms with Crippen molar-refractivity contribution in [3.63, 3.8) is 0 Å². The fourth-order valence-corrected chi connectivity index (χ4v) is 1.13. The van der Waals surface area contributed by atoms with Crippen LogP contribution in [-0.2, 0) is 14.2 Å². The zero-order valence-electron chi connectivity index (χ0n) is 6.79. The Morgan fingerprint density at radius 3 is 3.00 bits per heavy atom. The summed E-state index contributed by atoms with van der Waals surface area (Å²) in [4.78, 5) is 0. The van der Waals surface area contributed by atoms with Crippen molar-refractivity contribution in [3.8, 4) is 0 Å². The van der Waals surface area contributed by atoms with Crippen LogP contribution in [0.15, 0.2) is 0 Å². The van der Waals surface area contributed by atoms with Gasteiger partial charge < -0.3 is 14.2 Å². The predicted molar refractivity (Wildman–Crippen MR) is 39.3 cm³/mol. The second-order valence-electron chi connectivity index (χ2n) is 3.12. The minimum Gasteiger partial charge on any atom is -0.371 e. The first kappa shape index (κ1) is 7.53. The quantitative estimate of drug-likeness (QED) is 0.558. The molecule has 0 aromatic carbocycles. The summed E-state index contributed by atoms with van der Waals surface area (Å²) >= 11 is 0. The number of epoxide rings is 2. The van der Waals surface area contributed by atoms with Crippen molar-refractivity contribution >= 4 is 0 Å². The van der Waals surface area contributed by atoms with Crippen LogP contribution >= 0.6 is 0 Å². The van der Waals surface area contributed by atoms with E-state index < -0.39 is 0 Å². The van der Waals surface area contributed by atoms with Crippen LogP contribution < -0.4 is 0 Å². The largest absolute Gasteiger partial charge is 0.371 e. The van der Waals surface area contributed by atoms with Gasteiger partial charge in [0.1, 0.15) is 12.2 Å². The Bertz CT molecular complexity index is 133. The molecule has 2 aliphatic rings. The Labute approximate surface area is 66.6 Å². The van der Waals surface area contributed by atoms with Crippen LogP contribution in [0, 0.1) is 0 Å². The summed E-state index contributed by atoms with van der Waals surface area (Å²) in [7, 11) is 0. The Balaban J connectivity index is 1.52. The third kappa shape index (κ3) is 2.15. The molecule has 11 heavy (non-hydrogen) atoms. The monoisotopic (exact) mass is 158 g/mol. The molecule has 0 bridgehead atoms. The van der Waals surface area contributed by atoms with Gasteiger partial charge in [-0.05, 0) is 6.42 Å². The number of rotatable bonds is 5. The molecule has 0 aromatic heterocycles. The van der Waals surface area contributed by atoms with Crippen LogP contribution in [0.1, 0.15) is 19.8 Å². The Hall–Kier alpha value is -0.120. The summed E-state index contributed by atoms with van der Waals surface area (Å²) < 4.78 is 15.7. The summed E-state index contributed by atoms with van der Waals surface area (Å²) in [5.41, 5.74) is 0. The van der Waals surface area contributed by atoms with Crippen LogP contribution in [0.2, 0.25) is 0 Å². The lowest BCUT2D eigenvalue weighted by Crippen LogP contribution is -2.06. The maximum absolute atomic E-state index is 5.39. The van der Waals surface area contributed by atoms with Gasteiger partial charge in [0, 0.05) is 0 Å². The van der Waals surface area contributed by atoms with Crippen molar-refractivity contribution in [2.24, 2.45) is 0 Å². The van der Waals surface area contributed by atoms with E-state index >= 15 is 0 Å². The van der Waals surface area contributed by atoms with Crippen LogP contribution in [0.5, 0.6) is 0 Å². The van der Waals surface area contributed by atoms with E-state index in [2.05, 4.69) is 6.92 Å². The van der Waals surface area contributed by atoms with Crippen LogP contribution in [0.25, 0.3) is 0 Å². The summed E-state index contributed by atoms with van der Waals surface area (Å²) in [6.45, 7) is 3.73. The minimum atomic E-state index is 0.0825. The fourth-order valence-electron chi connectivity index (χ4n) is 1.13. The maximum atomic E-state index is 5.39. The van der Waals surface area contributed by atoms with E-state index in [0.29, 0.717) is 18.8 Å². The second-order valence-corrected chi connectivity index (χ2v) is 3.12. The van der Waals surface area contributed by atoms with Gasteiger partial charge in [-0.15, -0.1) is 0 Å². The molecule has 64 valence electrons. The zero-order chi connectivity index (χ0) is 7.68. The van der Waals surface area contributed by atoms with Gasteiger partial charge in [0.2, 0.25) is 0 Å². The smallest absolute Gasteiger partial charge is 0.184 e. The standard InChI is InChI=1S/C8H14O3/c1-2-3-7-8(11-7)10-5-6-4-9-6/h6-8H,2-5H2,1H3. The average Bonchev–Trinajstić information content (AvgIpc) is 2.79. The maximum Gasteiger partial charge on any atom is 0.184 e. The molecule has 3 nitrogen and oxygen atoms in total. The molecule has 2 heterocycles. The lowest BCUT2D eigenvalue weighted by molar-refractivity contribution is 0.0405. The number of ether oxygens (including phenoxy) is 3. The van der Waals surface area contributed by atoms with Gasteiger partial charge in [-0.25, -0.2) is 0 Å². The zero-order valence-corrected chi connectivity index (χ0v) is 6.79. The van der Waals surface area contributed by atoms with Crippen LogP contribution in [0.3, 0.4) is 0 Å². The van der Waals surface area contributed by atoms with Gasteiger partial charge in [-0.1, -0.05) is 13.3 Å². The molecular formula is C8H14O3. The first-order valence-corrected chi connectivity index (χ1v) is 4.29. The van der Waals surface area contributed by atoms with Crippen molar-refractivity contribution in [1.29, 1.82) is 0 Å². The molecule has 0 aliphatic carbocycles. The van der Waals surface area contributed by atoms with Crippen molar-refractivity contribution in [2.75, 3.05) is 13.2 Å².